The molecule has 0 aromatic heterocycles. The first-order valence-corrected chi connectivity index (χ1v) is 6.07. The SMILES string of the molecule is COCC(=O)OCCN1CCN(C(=O)C(F)(F)F)CC1. The Bertz CT molecular complexity index is 341. The molecule has 0 unspecified atom stereocenters. The standard InChI is InChI=1S/C11H17F3N2O4/c1-19-8-9(17)20-7-6-15-2-4-16(5-3-15)10(18)11(12,13)14/h2-8H2,1H3. The highest BCUT2D eigenvalue weighted by Crippen LogP contribution is 2.19. The number of methoxy groups -OCH3 is 1. The van der Waals surface area contributed by atoms with Gasteiger partial charge in [-0.1, -0.05) is 0 Å². The third kappa shape index (κ3) is 5.33. The molecule has 6 nitrogen and oxygen atoms in total. The molecule has 116 valence electrons. The van der Waals surface area contributed by atoms with Crippen LogP contribution in [0.1, 0.15) is 0 Å². The van der Waals surface area contributed by atoms with Crippen molar-refractivity contribution in [2.45, 2.75) is 6.18 Å². The second-order valence-electron chi connectivity index (χ2n) is 4.29. The van der Waals surface area contributed by atoms with Crippen molar-refractivity contribution in [1.29, 1.82) is 0 Å². The Balaban J connectivity index is 2.23. The van der Waals surface area contributed by atoms with Gasteiger partial charge in [0.2, 0.25) is 0 Å². The highest BCUT2D eigenvalue weighted by Gasteiger charge is 2.43. The van der Waals surface area contributed by atoms with Gasteiger partial charge in [0.1, 0.15) is 13.2 Å². The Hall–Kier alpha value is -1.35. The van der Waals surface area contributed by atoms with E-state index in [0.29, 0.717) is 19.6 Å². The Morgan fingerprint density at radius 1 is 1.15 bits per heavy atom. The van der Waals surface area contributed by atoms with Crippen molar-refractivity contribution < 1.29 is 32.2 Å². The van der Waals surface area contributed by atoms with Gasteiger partial charge >= 0.3 is 18.1 Å². The normalized spacial score (nSPS) is 17.1. The molecule has 1 rings (SSSR count). The van der Waals surface area contributed by atoms with E-state index in [1.54, 1.807) is 0 Å². The quantitative estimate of drug-likeness (QED) is 0.663. The Morgan fingerprint density at radius 2 is 1.75 bits per heavy atom. The Morgan fingerprint density at radius 3 is 2.25 bits per heavy atom. The van der Waals surface area contributed by atoms with E-state index in [1.165, 1.54) is 7.11 Å². The molecule has 0 radical (unpaired) electrons. The fourth-order valence-corrected chi connectivity index (χ4v) is 1.80. The number of carbonyl (C=O) groups is 2. The van der Waals surface area contributed by atoms with Crippen LogP contribution in [0.5, 0.6) is 0 Å². The number of amides is 1. The number of rotatable bonds is 5. The van der Waals surface area contributed by atoms with Crippen LogP contribution in [0.4, 0.5) is 13.2 Å². The summed E-state index contributed by atoms with van der Waals surface area (Å²) in [5.41, 5.74) is 0. The van der Waals surface area contributed by atoms with Crippen molar-refractivity contribution in [1.82, 2.24) is 9.80 Å². The van der Waals surface area contributed by atoms with E-state index < -0.39 is 18.1 Å². The predicted octanol–water partition coefficient (Wildman–Crippen LogP) is -0.117. The number of hydrogen-bond acceptors (Lipinski definition) is 5. The van der Waals surface area contributed by atoms with Gasteiger partial charge in [-0.3, -0.25) is 9.69 Å². The molecule has 0 bridgehead atoms. The number of nitrogens with zero attached hydrogens (tertiary/aromatic N) is 2. The number of ether oxygens (including phenoxy) is 2. The van der Waals surface area contributed by atoms with Gasteiger partial charge in [-0.2, -0.15) is 13.2 Å². The fourth-order valence-electron chi connectivity index (χ4n) is 1.80. The zero-order chi connectivity index (χ0) is 15.2. The topological polar surface area (TPSA) is 59.1 Å². The van der Waals surface area contributed by atoms with E-state index in [9.17, 15) is 22.8 Å². The van der Waals surface area contributed by atoms with E-state index >= 15 is 0 Å². The average molecular weight is 298 g/mol. The molecule has 0 saturated carbocycles. The molecule has 1 aliphatic rings. The maximum atomic E-state index is 12.2. The van der Waals surface area contributed by atoms with Crippen molar-refractivity contribution >= 4 is 11.9 Å². The molecule has 0 aromatic rings. The van der Waals surface area contributed by atoms with Crippen molar-refractivity contribution in [2.75, 3.05) is 53.0 Å². The molecule has 1 aliphatic heterocycles. The van der Waals surface area contributed by atoms with Crippen LogP contribution in [0.25, 0.3) is 0 Å². The molecule has 0 aromatic carbocycles. The van der Waals surface area contributed by atoms with Crippen LogP contribution in [-0.4, -0.2) is 80.9 Å². The molecule has 0 aliphatic carbocycles. The van der Waals surface area contributed by atoms with Crippen LogP contribution in [0.15, 0.2) is 0 Å². The van der Waals surface area contributed by atoms with Gasteiger partial charge in [-0.05, 0) is 0 Å². The van der Waals surface area contributed by atoms with Crippen molar-refractivity contribution in [3.63, 3.8) is 0 Å². The predicted molar refractivity (Wildman–Crippen MR) is 61.9 cm³/mol. The largest absolute Gasteiger partial charge is 0.471 e. The minimum absolute atomic E-state index is 0.0182. The summed E-state index contributed by atoms with van der Waals surface area (Å²) < 4.78 is 46.1. The summed E-state index contributed by atoms with van der Waals surface area (Å²) in [5.74, 6) is -2.29. The summed E-state index contributed by atoms with van der Waals surface area (Å²) in [4.78, 5) is 24.6. The van der Waals surface area contributed by atoms with Crippen molar-refractivity contribution in [3.8, 4) is 0 Å². The van der Waals surface area contributed by atoms with E-state index in [-0.39, 0.29) is 26.3 Å². The number of alkyl halides is 3. The minimum atomic E-state index is -4.82. The number of halogens is 3. The molecule has 1 fully saturated rings. The Kier molecular flexibility index (Phi) is 6.21. The number of esters is 1. The van der Waals surface area contributed by atoms with Crippen LogP contribution in [-0.2, 0) is 19.1 Å². The molecule has 1 saturated heterocycles. The number of hydrogen-bond donors (Lipinski definition) is 0. The van der Waals surface area contributed by atoms with Crippen LogP contribution < -0.4 is 0 Å². The Labute approximate surface area is 114 Å². The molecule has 1 amide bonds. The highest BCUT2D eigenvalue weighted by atomic mass is 19.4. The van der Waals surface area contributed by atoms with Gasteiger partial charge in [-0.25, -0.2) is 4.79 Å². The summed E-state index contributed by atoms with van der Waals surface area (Å²) in [5, 5.41) is 0. The summed E-state index contributed by atoms with van der Waals surface area (Å²) in [6.45, 7) is 1.12. The first-order chi connectivity index (χ1) is 9.34. The fraction of sp³-hybridized carbons (Fsp3) is 0.818. The van der Waals surface area contributed by atoms with Gasteiger partial charge in [0.05, 0.1) is 0 Å². The molecule has 9 heteroatoms. The molecule has 0 N–H and O–H groups in total. The van der Waals surface area contributed by atoms with Crippen molar-refractivity contribution in [2.24, 2.45) is 0 Å². The van der Waals surface area contributed by atoms with E-state index in [2.05, 4.69) is 4.74 Å². The summed E-state index contributed by atoms with van der Waals surface area (Å²) in [6.07, 6.45) is -4.82. The second kappa shape index (κ2) is 7.44. The molecular weight excluding hydrogens is 281 g/mol. The third-order valence-electron chi connectivity index (χ3n) is 2.83. The van der Waals surface area contributed by atoms with Gasteiger partial charge in [-0.15, -0.1) is 0 Å². The number of carbonyl (C=O) groups excluding carboxylic acids is 2. The maximum Gasteiger partial charge on any atom is 0.471 e. The van der Waals surface area contributed by atoms with Crippen LogP contribution >= 0.6 is 0 Å². The van der Waals surface area contributed by atoms with Gasteiger partial charge in [0.15, 0.2) is 0 Å². The van der Waals surface area contributed by atoms with Gasteiger partial charge in [0.25, 0.3) is 0 Å². The van der Waals surface area contributed by atoms with Crippen LogP contribution in [0.3, 0.4) is 0 Å². The van der Waals surface area contributed by atoms with E-state index in [1.807, 2.05) is 4.90 Å². The summed E-state index contributed by atoms with van der Waals surface area (Å²) >= 11 is 0. The highest BCUT2D eigenvalue weighted by molar-refractivity contribution is 5.81. The van der Waals surface area contributed by atoms with E-state index in [0.717, 1.165) is 4.90 Å². The first kappa shape index (κ1) is 16.7. The molecular formula is C11H17F3N2O4. The van der Waals surface area contributed by atoms with Crippen molar-refractivity contribution in [3.05, 3.63) is 0 Å². The van der Waals surface area contributed by atoms with E-state index in [4.69, 9.17) is 4.74 Å². The zero-order valence-corrected chi connectivity index (χ0v) is 11.1. The number of piperazine rings is 1. The minimum Gasteiger partial charge on any atom is -0.463 e. The average Bonchev–Trinajstić information content (AvgIpc) is 2.38. The molecule has 0 atom stereocenters. The lowest BCUT2D eigenvalue weighted by Gasteiger charge is -2.34. The van der Waals surface area contributed by atoms with Crippen LogP contribution in [0, 0.1) is 0 Å². The third-order valence-corrected chi connectivity index (χ3v) is 2.83. The molecule has 20 heavy (non-hydrogen) atoms. The lowest BCUT2D eigenvalue weighted by molar-refractivity contribution is -0.187. The monoisotopic (exact) mass is 298 g/mol. The lowest BCUT2D eigenvalue weighted by atomic mass is 10.3. The zero-order valence-electron chi connectivity index (χ0n) is 11.1. The maximum absolute atomic E-state index is 12.2. The second-order valence-corrected chi connectivity index (χ2v) is 4.29. The molecule has 0 spiro atoms. The lowest BCUT2D eigenvalue weighted by Crippen LogP contribution is -2.52. The summed E-state index contributed by atoms with van der Waals surface area (Å²) in [7, 11) is 1.37. The van der Waals surface area contributed by atoms with Crippen LogP contribution in [0.2, 0.25) is 0 Å². The first-order valence-electron chi connectivity index (χ1n) is 6.07. The smallest absolute Gasteiger partial charge is 0.463 e. The summed E-state index contributed by atoms with van der Waals surface area (Å²) in [6, 6.07) is 0. The van der Waals surface area contributed by atoms with Gasteiger partial charge in [0, 0.05) is 39.8 Å². The molecule has 1 heterocycles. The van der Waals surface area contributed by atoms with Gasteiger partial charge < -0.3 is 14.4 Å².